The molecule has 2 aromatic rings. The van der Waals surface area contributed by atoms with Crippen LogP contribution in [0.2, 0.25) is 0 Å². The van der Waals surface area contributed by atoms with Crippen molar-refractivity contribution in [2.75, 3.05) is 7.11 Å². The van der Waals surface area contributed by atoms with Crippen molar-refractivity contribution in [3.8, 4) is 5.75 Å². The van der Waals surface area contributed by atoms with Gasteiger partial charge in [0.15, 0.2) is 0 Å². The van der Waals surface area contributed by atoms with E-state index in [1.165, 1.54) is 0 Å². The van der Waals surface area contributed by atoms with Gasteiger partial charge >= 0.3 is 5.97 Å². The molecule has 0 spiro atoms. The number of carboxylic acids is 1. The van der Waals surface area contributed by atoms with Gasteiger partial charge in [-0.1, -0.05) is 27.7 Å². The van der Waals surface area contributed by atoms with Crippen molar-refractivity contribution in [3.05, 3.63) is 30.0 Å². The molecule has 0 fully saturated rings. The predicted molar refractivity (Wildman–Crippen MR) is 83.5 cm³/mol. The summed E-state index contributed by atoms with van der Waals surface area (Å²) in [5.41, 5.74) is 2.01. The number of aliphatic carboxylic acids is 1. The number of methoxy groups -OCH3 is 1. The van der Waals surface area contributed by atoms with Crippen LogP contribution < -0.4 is 4.74 Å². The molecule has 0 unspecified atom stereocenters. The van der Waals surface area contributed by atoms with E-state index in [4.69, 9.17) is 9.84 Å². The topological polar surface area (TPSA) is 62.3 Å². The van der Waals surface area contributed by atoms with E-state index in [0.717, 1.165) is 22.2 Å². The average Bonchev–Trinajstić information content (AvgIpc) is 2.91. The molecule has 0 saturated carbocycles. The van der Waals surface area contributed by atoms with Gasteiger partial charge in [-0.25, -0.2) is 0 Å². The number of carbonyl (C=O) groups is 1. The maximum absolute atomic E-state index is 10.5. The summed E-state index contributed by atoms with van der Waals surface area (Å²) in [5.74, 6) is 0.000853. The SMILES string of the molecule is CC.CC.COc1ccc2[nH]cc(CCC(=O)O)c2c1. The zero-order valence-corrected chi connectivity index (χ0v) is 13.0. The maximum Gasteiger partial charge on any atom is 0.303 e. The molecule has 0 aliphatic rings. The first-order valence-electron chi connectivity index (χ1n) is 7.06. The minimum Gasteiger partial charge on any atom is -0.497 e. The van der Waals surface area contributed by atoms with Gasteiger partial charge in [0.25, 0.3) is 0 Å². The zero-order chi connectivity index (χ0) is 15.5. The largest absolute Gasteiger partial charge is 0.497 e. The molecule has 4 nitrogen and oxygen atoms in total. The molecule has 0 amide bonds. The number of carboxylic acid groups (broad SMARTS) is 1. The van der Waals surface area contributed by atoms with Crippen LogP contribution in [-0.4, -0.2) is 23.2 Å². The minimum absolute atomic E-state index is 0.143. The molecular formula is C16H25NO3. The average molecular weight is 279 g/mol. The molecule has 1 aromatic carbocycles. The predicted octanol–water partition coefficient (Wildman–Crippen LogP) is 4.25. The summed E-state index contributed by atoms with van der Waals surface area (Å²) in [6, 6.07) is 5.72. The molecule has 112 valence electrons. The van der Waals surface area contributed by atoms with Crippen molar-refractivity contribution >= 4 is 16.9 Å². The number of aryl methyl sites for hydroxylation is 1. The molecule has 2 N–H and O–H groups in total. The monoisotopic (exact) mass is 279 g/mol. The Hall–Kier alpha value is -1.97. The summed E-state index contributed by atoms with van der Waals surface area (Å²) in [6.45, 7) is 8.00. The third-order valence-electron chi connectivity index (χ3n) is 2.58. The Bertz CT molecular complexity index is 517. The second kappa shape index (κ2) is 9.89. The second-order valence-electron chi connectivity index (χ2n) is 3.62. The third-order valence-corrected chi connectivity index (χ3v) is 2.58. The van der Waals surface area contributed by atoms with E-state index >= 15 is 0 Å². The number of rotatable bonds is 4. The van der Waals surface area contributed by atoms with Gasteiger partial charge in [-0.05, 0) is 30.2 Å². The third kappa shape index (κ3) is 4.96. The van der Waals surface area contributed by atoms with Crippen LogP contribution >= 0.6 is 0 Å². The molecule has 20 heavy (non-hydrogen) atoms. The number of nitrogens with one attached hydrogen (secondary N) is 1. The first-order chi connectivity index (χ1) is 9.70. The van der Waals surface area contributed by atoms with Gasteiger partial charge in [-0.2, -0.15) is 0 Å². The standard InChI is InChI=1S/C12H13NO3.2C2H6/c1-16-9-3-4-11-10(6-9)8(7-13-11)2-5-12(14)15;2*1-2/h3-4,6-7,13H,2,5H2,1H3,(H,14,15);2*1-2H3. The fraction of sp³-hybridized carbons (Fsp3) is 0.438. The highest BCUT2D eigenvalue weighted by atomic mass is 16.5. The number of fused-ring (bicyclic) bond motifs is 1. The van der Waals surface area contributed by atoms with E-state index in [0.29, 0.717) is 6.42 Å². The molecule has 0 radical (unpaired) electrons. The van der Waals surface area contributed by atoms with Gasteiger partial charge in [0.1, 0.15) is 5.75 Å². The Morgan fingerprint density at radius 1 is 1.25 bits per heavy atom. The fourth-order valence-electron chi connectivity index (χ4n) is 1.73. The lowest BCUT2D eigenvalue weighted by Gasteiger charge is -2.00. The van der Waals surface area contributed by atoms with Gasteiger partial charge in [-0.15, -0.1) is 0 Å². The number of hydrogen-bond acceptors (Lipinski definition) is 2. The van der Waals surface area contributed by atoms with Crippen LogP contribution in [0.4, 0.5) is 0 Å². The first-order valence-corrected chi connectivity index (χ1v) is 7.06. The van der Waals surface area contributed by atoms with Crippen LogP contribution in [0.15, 0.2) is 24.4 Å². The first kappa shape index (κ1) is 18.0. The fourth-order valence-corrected chi connectivity index (χ4v) is 1.73. The summed E-state index contributed by atoms with van der Waals surface area (Å²) in [7, 11) is 1.62. The lowest BCUT2D eigenvalue weighted by Crippen LogP contribution is -1.96. The van der Waals surface area contributed by atoms with Crippen LogP contribution in [0.25, 0.3) is 10.9 Å². The smallest absolute Gasteiger partial charge is 0.303 e. The lowest BCUT2D eigenvalue weighted by molar-refractivity contribution is -0.136. The highest BCUT2D eigenvalue weighted by molar-refractivity contribution is 5.85. The Morgan fingerprint density at radius 3 is 2.45 bits per heavy atom. The summed E-state index contributed by atoms with van der Waals surface area (Å²) >= 11 is 0. The molecule has 4 heteroatoms. The molecule has 0 saturated heterocycles. The van der Waals surface area contributed by atoms with E-state index in [-0.39, 0.29) is 6.42 Å². The van der Waals surface area contributed by atoms with E-state index < -0.39 is 5.97 Å². The van der Waals surface area contributed by atoms with Gasteiger partial charge in [-0.3, -0.25) is 4.79 Å². The maximum atomic E-state index is 10.5. The molecular weight excluding hydrogens is 254 g/mol. The molecule has 1 aromatic heterocycles. The van der Waals surface area contributed by atoms with Crippen molar-refractivity contribution in [2.24, 2.45) is 0 Å². The zero-order valence-electron chi connectivity index (χ0n) is 13.0. The lowest BCUT2D eigenvalue weighted by atomic mass is 10.1. The summed E-state index contributed by atoms with van der Waals surface area (Å²) in [4.78, 5) is 13.6. The highest BCUT2D eigenvalue weighted by Gasteiger charge is 2.06. The van der Waals surface area contributed by atoms with E-state index in [1.54, 1.807) is 7.11 Å². The van der Waals surface area contributed by atoms with Gasteiger partial charge < -0.3 is 14.8 Å². The second-order valence-corrected chi connectivity index (χ2v) is 3.62. The van der Waals surface area contributed by atoms with Gasteiger partial charge in [0, 0.05) is 23.5 Å². The van der Waals surface area contributed by atoms with Crippen LogP contribution in [-0.2, 0) is 11.2 Å². The Balaban J connectivity index is 0.000000829. The number of ether oxygens (including phenoxy) is 1. The Kier molecular flexibility index (Phi) is 8.92. The number of benzene rings is 1. The molecule has 0 aliphatic carbocycles. The summed E-state index contributed by atoms with van der Waals surface area (Å²) < 4.78 is 5.14. The number of aromatic amines is 1. The Morgan fingerprint density at radius 2 is 1.90 bits per heavy atom. The minimum atomic E-state index is -0.780. The normalized spacial score (nSPS) is 9.05. The number of H-pyrrole nitrogens is 1. The van der Waals surface area contributed by atoms with Crippen molar-refractivity contribution in [1.82, 2.24) is 4.98 Å². The summed E-state index contributed by atoms with van der Waals surface area (Å²) in [5, 5.41) is 9.68. The molecule has 0 atom stereocenters. The van der Waals surface area contributed by atoms with Crippen LogP contribution in [0.3, 0.4) is 0 Å². The van der Waals surface area contributed by atoms with Crippen LogP contribution in [0, 0.1) is 0 Å². The molecule has 0 aliphatic heterocycles. The van der Waals surface area contributed by atoms with Crippen molar-refractivity contribution in [1.29, 1.82) is 0 Å². The van der Waals surface area contributed by atoms with Crippen molar-refractivity contribution in [2.45, 2.75) is 40.5 Å². The van der Waals surface area contributed by atoms with Crippen molar-refractivity contribution in [3.63, 3.8) is 0 Å². The molecule has 2 rings (SSSR count). The molecule has 0 bridgehead atoms. The van der Waals surface area contributed by atoms with Crippen molar-refractivity contribution < 1.29 is 14.6 Å². The Labute approximate surface area is 120 Å². The van der Waals surface area contributed by atoms with Gasteiger partial charge in [0.05, 0.1) is 7.11 Å². The number of hydrogen-bond donors (Lipinski definition) is 2. The quantitative estimate of drug-likeness (QED) is 0.879. The van der Waals surface area contributed by atoms with E-state index in [2.05, 4.69) is 4.98 Å². The van der Waals surface area contributed by atoms with Gasteiger partial charge in [0.2, 0.25) is 0 Å². The number of aromatic nitrogens is 1. The van der Waals surface area contributed by atoms with Crippen LogP contribution in [0.5, 0.6) is 5.75 Å². The van der Waals surface area contributed by atoms with Crippen LogP contribution in [0.1, 0.15) is 39.7 Å². The van der Waals surface area contributed by atoms with E-state index in [9.17, 15) is 4.79 Å². The summed E-state index contributed by atoms with van der Waals surface area (Å²) in [6.07, 6.45) is 2.53. The molecule has 1 heterocycles. The van der Waals surface area contributed by atoms with E-state index in [1.807, 2.05) is 52.1 Å². The highest BCUT2D eigenvalue weighted by Crippen LogP contribution is 2.24.